The Morgan fingerprint density at radius 3 is 2.96 bits per heavy atom. The number of aromatic nitrogens is 1. The number of amides is 2. The standard InChI is InChI=1S/C17H20N4O4.ClH/c22-16-10-18-5-7-21(16)12-3-1-6-20(11-12)17(23)13-9-15(25-19-13)14-4-2-8-24-14;/h2,4,8-9,12,18H,1,3,5-7,10-11H2;1H. The first-order valence-corrected chi connectivity index (χ1v) is 8.52. The van der Waals surface area contributed by atoms with E-state index < -0.39 is 0 Å². The van der Waals surface area contributed by atoms with Crippen LogP contribution in [0.15, 0.2) is 33.4 Å². The smallest absolute Gasteiger partial charge is 0.276 e. The van der Waals surface area contributed by atoms with Crippen LogP contribution in [0.25, 0.3) is 11.5 Å². The summed E-state index contributed by atoms with van der Waals surface area (Å²) in [6, 6.07) is 5.17. The lowest BCUT2D eigenvalue weighted by atomic mass is 10.0. The number of carbonyl (C=O) groups excluding carboxylic acids is 2. The first-order chi connectivity index (χ1) is 12.2. The average Bonchev–Trinajstić information content (AvgIpc) is 3.33. The van der Waals surface area contributed by atoms with Gasteiger partial charge in [0.2, 0.25) is 11.7 Å². The molecule has 26 heavy (non-hydrogen) atoms. The Labute approximate surface area is 156 Å². The third-order valence-electron chi connectivity index (χ3n) is 4.74. The molecule has 4 heterocycles. The number of hydrogen-bond acceptors (Lipinski definition) is 6. The van der Waals surface area contributed by atoms with Crippen molar-refractivity contribution in [2.45, 2.75) is 18.9 Å². The van der Waals surface area contributed by atoms with E-state index in [4.69, 9.17) is 8.94 Å². The summed E-state index contributed by atoms with van der Waals surface area (Å²) in [5.74, 6) is 0.898. The molecule has 2 saturated heterocycles. The van der Waals surface area contributed by atoms with Gasteiger partial charge in [-0.15, -0.1) is 12.4 Å². The van der Waals surface area contributed by atoms with E-state index in [1.54, 1.807) is 29.4 Å². The molecule has 2 aliphatic heterocycles. The Balaban J connectivity index is 0.00000196. The first kappa shape index (κ1) is 18.5. The lowest BCUT2D eigenvalue weighted by Gasteiger charge is -2.40. The number of hydrogen-bond donors (Lipinski definition) is 1. The molecule has 0 radical (unpaired) electrons. The molecule has 2 amide bonds. The van der Waals surface area contributed by atoms with Crippen molar-refractivity contribution >= 4 is 24.2 Å². The van der Waals surface area contributed by atoms with E-state index in [0.29, 0.717) is 37.7 Å². The molecule has 4 rings (SSSR count). The number of piperidine rings is 1. The average molecular weight is 381 g/mol. The molecular formula is C17H21ClN4O4. The number of likely N-dealkylation sites (tertiary alicyclic amines) is 1. The summed E-state index contributed by atoms with van der Waals surface area (Å²) in [6.45, 7) is 3.07. The monoisotopic (exact) mass is 380 g/mol. The first-order valence-electron chi connectivity index (χ1n) is 8.52. The van der Waals surface area contributed by atoms with Crippen molar-refractivity contribution < 1.29 is 18.5 Å². The third-order valence-corrected chi connectivity index (χ3v) is 4.74. The van der Waals surface area contributed by atoms with Gasteiger partial charge >= 0.3 is 0 Å². The number of piperazine rings is 1. The van der Waals surface area contributed by atoms with Gasteiger partial charge in [0.05, 0.1) is 12.8 Å². The summed E-state index contributed by atoms with van der Waals surface area (Å²) in [5.41, 5.74) is 0.263. The highest BCUT2D eigenvalue weighted by molar-refractivity contribution is 5.93. The molecule has 140 valence electrons. The highest BCUT2D eigenvalue weighted by Crippen LogP contribution is 2.23. The normalized spacial score (nSPS) is 20.8. The molecule has 2 aliphatic rings. The lowest BCUT2D eigenvalue weighted by molar-refractivity contribution is -0.135. The minimum absolute atomic E-state index is 0. The maximum atomic E-state index is 12.7. The molecule has 8 nitrogen and oxygen atoms in total. The molecule has 0 saturated carbocycles. The predicted octanol–water partition coefficient (Wildman–Crippen LogP) is 1.39. The second-order valence-electron chi connectivity index (χ2n) is 6.36. The number of halogens is 1. The predicted molar refractivity (Wildman–Crippen MR) is 95.0 cm³/mol. The van der Waals surface area contributed by atoms with Crippen LogP contribution < -0.4 is 5.32 Å². The zero-order valence-electron chi connectivity index (χ0n) is 14.2. The fourth-order valence-corrected chi connectivity index (χ4v) is 3.47. The van der Waals surface area contributed by atoms with Crippen molar-refractivity contribution in [3.8, 4) is 11.5 Å². The summed E-state index contributed by atoms with van der Waals surface area (Å²) >= 11 is 0. The van der Waals surface area contributed by atoms with Crippen molar-refractivity contribution in [1.29, 1.82) is 0 Å². The van der Waals surface area contributed by atoms with Gasteiger partial charge < -0.3 is 24.1 Å². The topological polar surface area (TPSA) is 91.8 Å². The summed E-state index contributed by atoms with van der Waals surface area (Å²) in [5, 5.41) is 6.96. The van der Waals surface area contributed by atoms with Gasteiger partial charge in [-0.05, 0) is 25.0 Å². The summed E-state index contributed by atoms with van der Waals surface area (Å²) in [6.07, 6.45) is 3.33. The van der Waals surface area contributed by atoms with Crippen LogP contribution in [0.3, 0.4) is 0 Å². The lowest BCUT2D eigenvalue weighted by Crippen LogP contribution is -2.57. The zero-order chi connectivity index (χ0) is 17.2. The van der Waals surface area contributed by atoms with Crippen molar-refractivity contribution in [2.75, 3.05) is 32.7 Å². The molecule has 9 heteroatoms. The van der Waals surface area contributed by atoms with Crippen LogP contribution >= 0.6 is 12.4 Å². The summed E-state index contributed by atoms with van der Waals surface area (Å²) in [4.78, 5) is 28.5. The number of rotatable bonds is 3. The number of nitrogens with one attached hydrogen (secondary N) is 1. The quantitative estimate of drug-likeness (QED) is 0.865. The van der Waals surface area contributed by atoms with E-state index >= 15 is 0 Å². The molecule has 0 spiro atoms. The van der Waals surface area contributed by atoms with E-state index in [1.807, 2.05) is 4.90 Å². The molecule has 2 aromatic rings. The second-order valence-corrected chi connectivity index (χ2v) is 6.36. The van der Waals surface area contributed by atoms with Crippen LogP contribution in [0.2, 0.25) is 0 Å². The van der Waals surface area contributed by atoms with Gasteiger partial charge in [-0.1, -0.05) is 5.16 Å². The van der Waals surface area contributed by atoms with Crippen LogP contribution in [0, 0.1) is 0 Å². The third kappa shape index (κ3) is 3.61. The largest absolute Gasteiger partial charge is 0.461 e. The molecule has 1 atom stereocenters. The van der Waals surface area contributed by atoms with E-state index in [0.717, 1.165) is 19.4 Å². The van der Waals surface area contributed by atoms with Crippen LogP contribution in [-0.4, -0.2) is 65.5 Å². The molecule has 1 unspecified atom stereocenters. The van der Waals surface area contributed by atoms with Crippen molar-refractivity contribution in [2.24, 2.45) is 0 Å². The fourth-order valence-electron chi connectivity index (χ4n) is 3.47. The Hall–Kier alpha value is -2.32. The van der Waals surface area contributed by atoms with Crippen molar-refractivity contribution in [3.05, 3.63) is 30.2 Å². The number of furan rings is 1. The van der Waals surface area contributed by atoms with Gasteiger partial charge in [0.15, 0.2) is 11.5 Å². The van der Waals surface area contributed by atoms with Gasteiger partial charge in [-0.2, -0.15) is 0 Å². The fraction of sp³-hybridized carbons (Fsp3) is 0.471. The maximum Gasteiger partial charge on any atom is 0.276 e. The number of nitrogens with zero attached hydrogens (tertiary/aromatic N) is 3. The van der Waals surface area contributed by atoms with Crippen molar-refractivity contribution in [3.63, 3.8) is 0 Å². The zero-order valence-corrected chi connectivity index (χ0v) is 15.0. The molecule has 0 aliphatic carbocycles. The van der Waals surface area contributed by atoms with Crippen molar-refractivity contribution in [1.82, 2.24) is 20.3 Å². The van der Waals surface area contributed by atoms with E-state index in [9.17, 15) is 9.59 Å². The van der Waals surface area contributed by atoms with Gasteiger partial charge in [-0.3, -0.25) is 9.59 Å². The molecule has 2 fully saturated rings. The van der Waals surface area contributed by atoms with E-state index in [2.05, 4.69) is 10.5 Å². The number of carbonyl (C=O) groups is 2. The Morgan fingerprint density at radius 1 is 1.31 bits per heavy atom. The van der Waals surface area contributed by atoms with Crippen LogP contribution in [0.4, 0.5) is 0 Å². The Bertz CT molecular complexity index is 761. The maximum absolute atomic E-state index is 12.7. The minimum Gasteiger partial charge on any atom is -0.461 e. The summed E-state index contributed by atoms with van der Waals surface area (Å²) < 4.78 is 10.5. The Kier molecular flexibility index (Phi) is 5.63. The van der Waals surface area contributed by atoms with Gasteiger partial charge in [-0.25, -0.2) is 0 Å². The molecule has 1 N–H and O–H groups in total. The van der Waals surface area contributed by atoms with Gasteiger partial charge in [0.25, 0.3) is 5.91 Å². The molecule has 0 bridgehead atoms. The molecular weight excluding hydrogens is 360 g/mol. The van der Waals surface area contributed by atoms with Crippen LogP contribution in [-0.2, 0) is 4.79 Å². The van der Waals surface area contributed by atoms with E-state index in [1.165, 1.54) is 0 Å². The Morgan fingerprint density at radius 2 is 2.19 bits per heavy atom. The molecule has 2 aromatic heterocycles. The van der Waals surface area contributed by atoms with Crippen LogP contribution in [0.5, 0.6) is 0 Å². The SMILES string of the molecule is Cl.O=C(c1cc(-c2ccco2)on1)N1CCCC(N2CCNCC2=O)C1. The van der Waals surface area contributed by atoms with E-state index in [-0.39, 0.29) is 36.0 Å². The summed E-state index contributed by atoms with van der Waals surface area (Å²) in [7, 11) is 0. The highest BCUT2D eigenvalue weighted by atomic mass is 35.5. The van der Waals surface area contributed by atoms with Gasteiger partial charge in [0, 0.05) is 38.3 Å². The second kappa shape index (κ2) is 7.92. The van der Waals surface area contributed by atoms with Gasteiger partial charge in [0.1, 0.15) is 0 Å². The van der Waals surface area contributed by atoms with Crippen LogP contribution in [0.1, 0.15) is 23.3 Å². The molecule has 0 aromatic carbocycles. The highest BCUT2D eigenvalue weighted by Gasteiger charge is 2.32. The minimum atomic E-state index is -0.172.